The molecular weight excluding hydrogens is 514 g/mol. The minimum atomic E-state index is -5.08. The number of nitrogens with one attached hydrogen (secondary N) is 1. The molecule has 3 aliphatic rings. The third kappa shape index (κ3) is 9.29. The quantitative estimate of drug-likeness (QED) is 0.474. The average Bonchev–Trinajstić information content (AvgIpc) is 3.43. The zero-order valence-electron chi connectivity index (χ0n) is 20.1. The lowest BCUT2D eigenvalue weighted by Crippen LogP contribution is -2.66. The van der Waals surface area contributed by atoms with E-state index in [1.54, 1.807) is 0 Å². The molecule has 1 aromatic heterocycles. The van der Waals surface area contributed by atoms with Crippen LogP contribution in [0.3, 0.4) is 0 Å². The molecule has 1 aliphatic carbocycles. The minimum Gasteiger partial charge on any atom is -0.475 e. The van der Waals surface area contributed by atoms with Gasteiger partial charge in [-0.3, -0.25) is 4.90 Å². The summed E-state index contributed by atoms with van der Waals surface area (Å²) in [7, 11) is 0. The van der Waals surface area contributed by atoms with Crippen molar-refractivity contribution < 1.29 is 50.9 Å². The lowest BCUT2D eigenvalue weighted by Gasteiger charge is -2.53. The van der Waals surface area contributed by atoms with Gasteiger partial charge in [0.2, 0.25) is 5.95 Å². The monoisotopic (exact) mass is 544 g/mol. The van der Waals surface area contributed by atoms with Crippen LogP contribution in [0.4, 0.5) is 32.3 Å². The molecule has 0 amide bonds. The van der Waals surface area contributed by atoms with Crippen LogP contribution in [0.15, 0.2) is 12.4 Å². The van der Waals surface area contributed by atoms with Crippen LogP contribution in [0, 0.1) is 12.8 Å². The van der Waals surface area contributed by atoms with Gasteiger partial charge in [-0.25, -0.2) is 19.6 Å². The molecule has 0 bridgehead atoms. The van der Waals surface area contributed by atoms with E-state index in [-0.39, 0.29) is 5.60 Å². The second-order valence-corrected chi connectivity index (χ2v) is 9.15. The lowest BCUT2D eigenvalue weighted by molar-refractivity contribution is -0.193. The average molecular weight is 544 g/mol. The highest BCUT2D eigenvalue weighted by Gasteiger charge is 2.54. The number of carbonyl (C=O) groups is 2. The van der Waals surface area contributed by atoms with Gasteiger partial charge in [0.05, 0.1) is 5.60 Å². The number of aromatic nitrogens is 2. The van der Waals surface area contributed by atoms with E-state index in [4.69, 9.17) is 24.5 Å². The molecule has 0 aromatic carbocycles. The smallest absolute Gasteiger partial charge is 0.475 e. The fourth-order valence-electron chi connectivity index (χ4n) is 4.55. The van der Waals surface area contributed by atoms with Crippen molar-refractivity contribution in [1.82, 2.24) is 14.9 Å². The number of carboxylic acid groups (broad SMARTS) is 2. The SMILES string of the molecule is Cc1cnc(NCCC2CCOC23CN(C2CCCC2)C3)nc1.O=C(O)C(F)(F)F.O=C(O)C(F)(F)F. The molecule has 1 spiro atoms. The van der Waals surface area contributed by atoms with E-state index in [0.717, 1.165) is 50.2 Å². The van der Waals surface area contributed by atoms with E-state index in [9.17, 15) is 26.3 Å². The summed E-state index contributed by atoms with van der Waals surface area (Å²) in [4.78, 5) is 29.1. The standard InChI is InChI=1S/C18H28N4O.2C2HF3O2/c1-14-10-20-17(21-11-14)19-8-6-15-7-9-23-18(15)12-22(13-18)16-4-2-3-5-16;2*3-2(4,5)1(6)7/h10-11,15-16H,2-9,12-13H2,1H3,(H,19,20,21);2*(H,6,7). The molecule has 3 fully saturated rings. The van der Waals surface area contributed by atoms with E-state index in [2.05, 4.69) is 20.2 Å². The second kappa shape index (κ2) is 12.7. The summed E-state index contributed by atoms with van der Waals surface area (Å²) >= 11 is 0. The highest BCUT2D eigenvalue weighted by atomic mass is 19.4. The summed E-state index contributed by atoms with van der Waals surface area (Å²) in [6.45, 7) is 6.19. The normalized spacial score (nSPS) is 21.3. The van der Waals surface area contributed by atoms with Crippen molar-refractivity contribution in [3.8, 4) is 0 Å². The van der Waals surface area contributed by atoms with Crippen molar-refractivity contribution in [2.24, 2.45) is 5.92 Å². The van der Waals surface area contributed by atoms with Crippen LogP contribution in [0.1, 0.15) is 44.1 Å². The number of anilines is 1. The molecule has 9 nitrogen and oxygen atoms in total. The Morgan fingerprint density at radius 3 is 1.97 bits per heavy atom. The molecule has 1 aromatic rings. The van der Waals surface area contributed by atoms with E-state index < -0.39 is 24.3 Å². The van der Waals surface area contributed by atoms with Gasteiger partial charge in [-0.05, 0) is 44.1 Å². The Hall–Kier alpha value is -2.68. The second-order valence-electron chi connectivity index (χ2n) is 9.15. The number of hydrogen-bond acceptors (Lipinski definition) is 7. The van der Waals surface area contributed by atoms with Gasteiger partial charge in [-0.1, -0.05) is 12.8 Å². The van der Waals surface area contributed by atoms with Crippen LogP contribution in [-0.2, 0) is 14.3 Å². The Kier molecular flexibility index (Phi) is 10.5. The van der Waals surface area contributed by atoms with Crippen molar-refractivity contribution in [2.45, 2.75) is 69.4 Å². The summed E-state index contributed by atoms with van der Waals surface area (Å²) in [6.07, 6.45) is 1.53. The number of aliphatic carboxylic acids is 2. The first kappa shape index (κ1) is 30.5. The molecule has 15 heteroatoms. The van der Waals surface area contributed by atoms with Crippen molar-refractivity contribution >= 4 is 17.9 Å². The van der Waals surface area contributed by atoms with Crippen LogP contribution >= 0.6 is 0 Å². The maximum Gasteiger partial charge on any atom is 0.490 e. The van der Waals surface area contributed by atoms with Crippen molar-refractivity contribution in [2.75, 3.05) is 31.6 Å². The topological polar surface area (TPSA) is 125 Å². The summed E-state index contributed by atoms with van der Waals surface area (Å²) in [5.74, 6) is -4.09. The van der Waals surface area contributed by atoms with Gasteiger partial charge in [0.15, 0.2) is 0 Å². The fourth-order valence-corrected chi connectivity index (χ4v) is 4.55. The first-order valence-corrected chi connectivity index (χ1v) is 11.6. The first-order valence-electron chi connectivity index (χ1n) is 11.6. The maximum atomic E-state index is 10.6. The Balaban J connectivity index is 0.000000286. The third-order valence-corrected chi connectivity index (χ3v) is 6.42. The van der Waals surface area contributed by atoms with Gasteiger partial charge in [0.1, 0.15) is 0 Å². The zero-order chi connectivity index (χ0) is 27.9. The fraction of sp³-hybridized carbons (Fsp3) is 0.727. The number of likely N-dealkylation sites (tertiary alicyclic amines) is 1. The Labute approximate surface area is 209 Å². The molecule has 210 valence electrons. The summed E-state index contributed by atoms with van der Waals surface area (Å²) in [5.41, 5.74) is 1.25. The first-order chi connectivity index (χ1) is 17.1. The van der Waals surface area contributed by atoms with E-state index >= 15 is 0 Å². The molecule has 2 saturated heterocycles. The molecule has 3 N–H and O–H groups in total. The number of ether oxygens (including phenoxy) is 1. The summed E-state index contributed by atoms with van der Waals surface area (Å²) in [6, 6.07) is 0.838. The van der Waals surface area contributed by atoms with Crippen LogP contribution in [-0.4, -0.2) is 87.3 Å². The summed E-state index contributed by atoms with van der Waals surface area (Å²) in [5, 5.41) is 17.6. The predicted octanol–water partition coefficient (Wildman–Crippen LogP) is 3.89. The molecule has 1 atom stereocenters. The molecular formula is C22H30F6N4O5. The van der Waals surface area contributed by atoms with Gasteiger partial charge in [0.25, 0.3) is 0 Å². The molecule has 1 unspecified atom stereocenters. The molecule has 37 heavy (non-hydrogen) atoms. The third-order valence-electron chi connectivity index (χ3n) is 6.42. The zero-order valence-corrected chi connectivity index (χ0v) is 20.1. The van der Waals surface area contributed by atoms with E-state index in [0.29, 0.717) is 5.92 Å². The van der Waals surface area contributed by atoms with E-state index in [1.165, 1.54) is 32.1 Å². The van der Waals surface area contributed by atoms with E-state index in [1.807, 2.05) is 19.3 Å². The Morgan fingerprint density at radius 1 is 1.03 bits per heavy atom. The van der Waals surface area contributed by atoms with Gasteiger partial charge < -0.3 is 20.3 Å². The van der Waals surface area contributed by atoms with Crippen molar-refractivity contribution in [3.05, 3.63) is 18.0 Å². The molecule has 4 rings (SSSR count). The number of hydrogen-bond donors (Lipinski definition) is 3. The summed E-state index contributed by atoms with van der Waals surface area (Å²) < 4.78 is 69.7. The van der Waals surface area contributed by atoms with Crippen LogP contribution < -0.4 is 5.32 Å². The highest BCUT2D eigenvalue weighted by molar-refractivity contribution is 5.73. The van der Waals surface area contributed by atoms with Crippen molar-refractivity contribution in [3.63, 3.8) is 0 Å². The van der Waals surface area contributed by atoms with Gasteiger partial charge in [-0.15, -0.1) is 0 Å². The number of nitrogens with zero attached hydrogens (tertiary/aromatic N) is 3. The number of carboxylic acids is 2. The Bertz CT molecular complexity index is 861. The molecule has 3 heterocycles. The van der Waals surface area contributed by atoms with Gasteiger partial charge >= 0.3 is 24.3 Å². The van der Waals surface area contributed by atoms with Crippen molar-refractivity contribution in [1.29, 1.82) is 0 Å². The minimum absolute atomic E-state index is 0.151. The number of halogens is 6. The predicted molar refractivity (Wildman–Crippen MR) is 118 cm³/mol. The molecule has 0 radical (unpaired) electrons. The number of alkyl halides is 6. The van der Waals surface area contributed by atoms with Crippen LogP contribution in [0.5, 0.6) is 0 Å². The van der Waals surface area contributed by atoms with Crippen LogP contribution in [0.2, 0.25) is 0 Å². The molecule has 2 aliphatic heterocycles. The highest BCUT2D eigenvalue weighted by Crippen LogP contribution is 2.44. The Morgan fingerprint density at radius 2 is 1.51 bits per heavy atom. The number of aryl methyl sites for hydroxylation is 1. The number of rotatable bonds is 5. The maximum absolute atomic E-state index is 10.6. The van der Waals surface area contributed by atoms with Gasteiger partial charge in [-0.2, -0.15) is 26.3 Å². The van der Waals surface area contributed by atoms with Crippen LogP contribution in [0.25, 0.3) is 0 Å². The molecule has 1 saturated carbocycles. The largest absolute Gasteiger partial charge is 0.490 e. The lowest BCUT2D eigenvalue weighted by atomic mass is 9.78. The van der Waals surface area contributed by atoms with Gasteiger partial charge in [0, 0.05) is 44.7 Å².